The van der Waals surface area contributed by atoms with Gasteiger partial charge in [-0.25, -0.2) is 4.79 Å². The summed E-state index contributed by atoms with van der Waals surface area (Å²) in [6.07, 6.45) is 4.92. The van der Waals surface area contributed by atoms with Gasteiger partial charge in [0.2, 0.25) is 0 Å². The van der Waals surface area contributed by atoms with Crippen molar-refractivity contribution in [1.82, 2.24) is 4.90 Å². The number of rotatable bonds is 7. The number of carbonyl (C=O) groups is 1. The third-order valence-corrected chi connectivity index (χ3v) is 5.32. The second kappa shape index (κ2) is 13.5. The van der Waals surface area contributed by atoms with Crippen LogP contribution in [0.25, 0.3) is 0 Å². The van der Waals surface area contributed by atoms with E-state index in [2.05, 4.69) is 30.6 Å². The topological polar surface area (TPSA) is 124 Å². The van der Waals surface area contributed by atoms with Crippen molar-refractivity contribution in [3.05, 3.63) is 35.9 Å². The van der Waals surface area contributed by atoms with Crippen molar-refractivity contribution >= 4 is 16.4 Å². The van der Waals surface area contributed by atoms with Crippen molar-refractivity contribution in [2.45, 2.75) is 51.6 Å². The van der Waals surface area contributed by atoms with Crippen LogP contribution in [0.5, 0.6) is 0 Å². The van der Waals surface area contributed by atoms with Gasteiger partial charge in [-0.05, 0) is 31.5 Å². The Kier molecular flexibility index (Phi) is 11.7. The summed E-state index contributed by atoms with van der Waals surface area (Å²) >= 11 is 0. The third kappa shape index (κ3) is 9.80. The lowest BCUT2D eigenvalue weighted by atomic mass is 9.73. The van der Waals surface area contributed by atoms with Crippen LogP contribution in [0.15, 0.2) is 30.3 Å². The average molecular weight is 456 g/mol. The van der Waals surface area contributed by atoms with Gasteiger partial charge in [-0.3, -0.25) is 14.0 Å². The molecule has 1 aromatic carbocycles. The fourth-order valence-corrected chi connectivity index (χ4v) is 3.61. The Balaban J connectivity index is 0.000000861. The van der Waals surface area contributed by atoms with Crippen molar-refractivity contribution in [1.29, 1.82) is 0 Å². The molecule has 0 saturated heterocycles. The maximum absolute atomic E-state index is 12.8. The molecule has 0 spiro atoms. The van der Waals surface area contributed by atoms with Crippen LogP contribution < -0.4 is 0 Å². The SMILES string of the molecule is CCN(CC)CC#CCOC(=O)C(O)(c1ccccc1)C1CCCCC1.O=S(=O)(O)O. The molecular weight excluding hydrogens is 422 g/mol. The molecule has 1 aliphatic rings. The molecule has 1 unspecified atom stereocenters. The maximum atomic E-state index is 12.8. The van der Waals surface area contributed by atoms with E-state index in [1.165, 1.54) is 0 Å². The number of hydrogen-bond donors (Lipinski definition) is 3. The molecule has 2 rings (SSSR count). The summed E-state index contributed by atoms with van der Waals surface area (Å²) in [5.74, 6) is 5.25. The number of ether oxygens (including phenoxy) is 1. The Morgan fingerprint density at radius 3 is 2.16 bits per heavy atom. The Hall–Kier alpha value is -1.96. The molecule has 9 heteroatoms. The zero-order valence-corrected chi connectivity index (χ0v) is 19.0. The lowest BCUT2D eigenvalue weighted by Gasteiger charge is -2.36. The molecule has 0 aliphatic heterocycles. The van der Waals surface area contributed by atoms with Crippen molar-refractivity contribution in [3.8, 4) is 11.8 Å². The summed E-state index contributed by atoms with van der Waals surface area (Å²) in [5, 5.41) is 11.4. The third-order valence-electron chi connectivity index (χ3n) is 5.32. The Morgan fingerprint density at radius 1 is 1.10 bits per heavy atom. The van der Waals surface area contributed by atoms with E-state index < -0.39 is 22.0 Å². The van der Waals surface area contributed by atoms with Crippen molar-refractivity contribution < 1.29 is 32.2 Å². The summed E-state index contributed by atoms with van der Waals surface area (Å²) in [6, 6.07) is 9.19. The van der Waals surface area contributed by atoms with Crippen molar-refractivity contribution in [3.63, 3.8) is 0 Å². The fraction of sp³-hybridized carbons (Fsp3) is 0.591. The second-order valence-corrected chi connectivity index (χ2v) is 8.20. The summed E-state index contributed by atoms with van der Waals surface area (Å²) in [4.78, 5) is 15.0. The number of nitrogens with zero attached hydrogens (tertiary/aromatic N) is 1. The first-order valence-corrected chi connectivity index (χ1v) is 11.9. The van der Waals surface area contributed by atoms with Crippen LogP contribution in [0.2, 0.25) is 0 Å². The highest BCUT2D eigenvalue weighted by Crippen LogP contribution is 2.40. The van der Waals surface area contributed by atoms with Crippen LogP contribution in [-0.2, 0) is 25.5 Å². The zero-order chi connectivity index (χ0) is 23.3. The van der Waals surface area contributed by atoms with Gasteiger partial charge in [-0.1, -0.05) is 75.3 Å². The Bertz CT molecular complexity index is 814. The molecule has 1 aliphatic carbocycles. The quantitative estimate of drug-likeness (QED) is 0.326. The van der Waals surface area contributed by atoms with Gasteiger partial charge >= 0.3 is 16.4 Å². The summed E-state index contributed by atoms with van der Waals surface area (Å²) in [7, 11) is -4.67. The number of hydrogen-bond acceptors (Lipinski definition) is 6. The van der Waals surface area contributed by atoms with Gasteiger partial charge < -0.3 is 9.84 Å². The number of carbonyl (C=O) groups excluding carboxylic acids is 1. The van der Waals surface area contributed by atoms with Gasteiger partial charge in [0.1, 0.15) is 0 Å². The second-order valence-electron chi connectivity index (χ2n) is 7.31. The minimum Gasteiger partial charge on any atom is -0.450 e. The van der Waals surface area contributed by atoms with E-state index >= 15 is 0 Å². The smallest absolute Gasteiger partial charge is 0.394 e. The minimum atomic E-state index is -4.67. The zero-order valence-electron chi connectivity index (χ0n) is 18.2. The normalized spacial score (nSPS) is 16.3. The molecule has 3 N–H and O–H groups in total. The molecule has 0 radical (unpaired) electrons. The Morgan fingerprint density at radius 2 is 1.65 bits per heavy atom. The monoisotopic (exact) mass is 455 g/mol. The lowest BCUT2D eigenvalue weighted by molar-refractivity contribution is -0.174. The number of aliphatic hydroxyl groups is 1. The number of esters is 1. The number of benzene rings is 1. The van der Waals surface area contributed by atoms with E-state index in [4.69, 9.17) is 22.3 Å². The molecular formula is C22H33NO7S. The minimum absolute atomic E-state index is 0.0158. The molecule has 31 heavy (non-hydrogen) atoms. The van der Waals surface area contributed by atoms with Gasteiger partial charge in [0.15, 0.2) is 12.2 Å². The van der Waals surface area contributed by atoms with Crippen LogP contribution in [-0.4, -0.2) is 59.7 Å². The van der Waals surface area contributed by atoms with Crippen molar-refractivity contribution in [2.24, 2.45) is 5.92 Å². The van der Waals surface area contributed by atoms with Crippen molar-refractivity contribution in [2.75, 3.05) is 26.2 Å². The fourth-order valence-electron chi connectivity index (χ4n) is 3.61. The highest BCUT2D eigenvalue weighted by Gasteiger charge is 2.46. The van der Waals surface area contributed by atoms with Gasteiger partial charge in [0.05, 0.1) is 6.54 Å². The summed E-state index contributed by atoms with van der Waals surface area (Å²) < 4.78 is 37.0. The largest absolute Gasteiger partial charge is 0.450 e. The molecule has 174 valence electrons. The van der Waals surface area contributed by atoms with Crippen LogP contribution in [0.4, 0.5) is 0 Å². The lowest BCUT2D eigenvalue weighted by Crippen LogP contribution is -2.45. The van der Waals surface area contributed by atoms with E-state index in [9.17, 15) is 9.90 Å². The van der Waals surface area contributed by atoms with Crippen LogP contribution in [0.1, 0.15) is 51.5 Å². The van der Waals surface area contributed by atoms with E-state index in [1.54, 1.807) is 0 Å². The molecule has 8 nitrogen and oxygen atoms in total. The molecule has 0 bridgehead atoms. The highest BCUT2D eigenvalue weighted by atomic mass is 32.3. The highest BCUT2D eigenvalue weighted by molar-refractivity contribution is 7.79. The van der Waals surface area contributed by atoms with E-state index in [0.29, 0.717) is 12.1 Å². The van der Waals surface area contributed by atoms with Crippen LogP contribution >= 0.6 is 0 Å². The predicted octanol–water partition coefficient (Wildman–Crippen LogP) is 2.69. The van der Waals surface area contributed by atoms with Gasteiger partial charge in [0, 0.05) is 5.92 Å². The molecule has 1 saturated carbocycles. The first-order valence-electron chi connectivity index (χ1n) is 10.5. The van der Waals surface area contributed by atoms with Crippen LogP contribution in [0.3, 0.4) is 0 Å². The molecule has 0 amide bonds. The van der Waals surface area contributed by atoms with Gasteiger partial charge in [-0.15, -0.1) is 0 Å². The average Bonchev–Trinajstić information content (AvgIpc) is 2.75. The molecule has 1 aromatic rings. The summed E-state index contributed by atoms with van der Waals surface area (Å²) in [6.45, 7) is 6.75. The van der Waals surface area contributed by atoms with Crippen LogP contribution in [0, 0.1) is 17.8 Å². The molecule has 0 heterocycles. The predicted molar refractivity (Wildman–Crippen MR) is 118 cm³/mol. The maximum Gasteiger partial charge on any atom is 0.394 e. The molecule has 1 fully saturated rings. The summed E-state index contributed by atoms with van der Waals surface area (Å²) in [5.41, 5.74) is -0.963. The van der Waals surface area contributed by atoms with E-state index in [1.807, 2.05) is 30.3 Å². The molecule has 0 aromatic heterocycles. The van der Waals surface area contributed by atoms with Gasteiger partial charge in [-0.2, -0.15) is 8.42 Å². The van der Waals surface area contributed by atoms with E-state index in [-0.39, 0.29) is 12.5 Å². The standard InChI is InChI=1S/C22H31NO3.H2O4S/c1-3-23(4-2)17-11-12-18-26-21(24)22(25,19-13-7-5-8-14-19)20-15-9-6-10-16-20;1-5(2,3)4/h5,7-8,13-14,20,25H,3-4,6,9-10,15-18H2,1-2H3;(H2,1,2,3,4). The first kappa shape index (κ1) is 27.1. The first-order chi connectivity index (χ1) is 14.6. The molecule has 1 atom stereocenters. The Labute approximate surface area is 185 Å². The van der Waals surface area contributed by atoms with E-state index in [0.717, 1.165) is 45.2 Å². The van der Waals surface area contributed by atoms with Gasteiger partial charge in [0.25, 0.3) is 0 Å².